The maximum absolute atomic E-state index is 12.9. The average molecular weight is 464 g/mol. The molecular formula is C21H29N5O5S. The molecule has 2 rings (SSSR count). The number of rotatable bonds is 13. The number of benzene rings is 1. The molecule has 1 heterocycles. The molecule has 0 saturated heterocycles. The highest BCUT2D eigenvalue weighted by atomic mass is 32.2. The molecule has 0 aliphatic heterocycles. The topological polar surface area (TPSA) is 180 Å². The summed E-state index contributed by atoms with van der Waals surface area (Å²) in [4.78, 5) is 51.0. The minimum Gasteiger partial charge on any atom is -0.480 e. The minimum atomic E-state index is -1.18. The predicted octanol–water partition coefficient (Wildman–Crippen LogP) is 0.111. The van der Waals surface area contributed by atoms with Crippen LogP contribution < -0.4 is 22.1 Å². The normalized spacial score (nSPS) is 13.8. The first-order valence-electron chi connectivity index (χ1n) is 10.1. The number of carbonyl (C=O) groups excluding carboxylic acids is 3. The van der Waals surface area contributed by atoms with E-state index >= 15 is 0 Å². The Morgan fingerprint density at radius 2 is 1.78 bits per heavy atom. The first-order chi connectivity index (χ1) is 15.2. The van der Waals surface area contributed by atoms with Gasteiger partial charge in [-0.15, -0.1) is 0 Å². The molecule has 0 bridgehead atoms. The van der Waals surface area contributed by atoms with Gasteiger partial charge in [0.2, 0.25) is 17.7 Å². The molecule has 3 unspecified atom stereocenters. The van der Waals surface area contributed by atoms with Crippen LogP contribution in [0.3, 0.4) is 0 Å². The summed E-state index contributed by atoms with van der Waals surface area (Å²) in [5.41, 5.74) is 12.5. The van der Waals surface area contributed by atoms with Crippen LogP contribution in [0.4, 0.5) is 0 Å². The smallest absolute Gasteiger partial charge is 0.326 e. The monoisotopic (exact) mass is 463 g/mol. The van der Waals surface area contributed by atoms with E-state index in [1.54, 1.807) is 6.20 Å². The van der Waals surface area contributed by atoms with Gasteiger partial charge in [-0.25, -0.2) is 4.79 Å². The maximum Gasteiger partial charge on any atom is 0.326 e. The molecule has 8 N–H and O–H groups in total. The van der Waals surface area contributed by atoms with Gasteiger partial charge < -0.3 is 32.2 Å². The summed E-state index contributed by atoms with van der Waals surface area (Å²) in [7, 11) is 0. The van der Waals surface area contributed by atoms with Crippen molar-refractivity contribution in [1.82, 2.24) is 15.6 Å². The SMILES string of the molecule is CSCCC(NC(=O)C(N)CCC(N)=O)C(=O)NC(Cc1c[nH]c2ccccc12)C(=O)O. The third kappa shape index (κ3) is 7.27. The van der Waals surface area contributed by atoms with Gasteiger partial charge in [0.1, 0.15) is 12.1 Å². The largest absolute Gasteiger partial charge is 0.480 e. The first kappa shape index (κ1) is 25.2. The number of primary amides is 1. The molecule has 11 heteroatoms. The lowest BCUT2D eigenvalue weighted by Gasteiger charge is -2.22. The summed E-state index contributed by atoms with van der Waals surface area (Å²) < 4.78 is 0. The van der Waals surface area contributed by atoms with Crippen molar-refractivity contribution in [2.24, 2.45) is 11.5 Å². The number of carbonyl (C=O) groups is 4. The third-order valence-electron chi connectivity index (χ3n) is 5.00. The van der Waals surface area contributed by atoms with E-state index in [4.69, 9.17) is 11.5 Å². The second-order valence-electron chi connectivity index (χ2n) is 7.42. The summed E-state index contributed by atoms with van der Waals surface area (Å²) in [5, 5.41) is 15.6. The van der Waals surface area contributed by atoms with Gasteiger partial charge in [-0.3, -0.25) is 14.4 Å². The van der Waals surface area contributed by atoms with E-state index in [2.05, 4.69) is 15.6 Å². The molecule has 2 aromatic rings. The fourth-order valence-corrected chi connectivity index (χ4v) is 3.68. The van der Waals surface area contributed by atoms with E-state index < -0.39 is 41.8 Å². The molecular weight excluding hydrogens is 434 g/mol. The quantitative estimate of drug-likeness (QED) is 0.244. The molecule has 0 saturated carbocycles. The molecule has 3 atom stereocenters. The van der Waals surface area contributed by atoms with Crippen molar-refractivity contribution in [2.45, 2.75) is 43.8 Å². The number of aromatic nitrogens is 1. The Labute approximate surface area is 189 Å². The number of fused-ring (bicyclic) bond motifs is 1. The molecule has 0 radical (unpaired) electrons. The fraction of sp³-hybridized carbons (Fsp3) is 0.429. The van der Waals surface area contributed by atoms with Gasteiger partial charge in [-0.1, -0.05) is 18.2 Å². The number of carboxylic acid groups (broad SMARTS) is 1. The van der Waals surface area contributed by atoms with Gasteiger partial charge in [0.15, 0.2) is 0 Å². The highest BCUT2D eigenvalue weighted by Crippen LogP contribution is 2.19. The zero-order valence-corrected chi connectivity index (χ0v) is 18.6. The number of aliphatic carboxylic acids is 1. The zero-order valence-electron chi connectivity index (χ0n) is 17.8. The van der Waals surface area contributed by atoms with E-state index in [0.29, 0.717) is 12.2 Å². The Bertz CT molecular complexity index is 963. The molecule has 32 heavy (non-hydrogen) atoms. The lowest BCUT2D eigenvalue weighted by Crippen LogP contribution is -2.55. The van der Waals surface area contributed by atoms with Crippen LogP contribution >= 0.6 is 11.8 Å². The first-order valence-corrected chi connectivity index (χ1v) is 11.5. The molecule has 0 spiro atoms. The van der Waals surface area contributed by atoms with E-state index in [-0.39, 0.29) is 19.3 Å². The number of para-hydroxylation sites is 1. The average Bonchev–Trinajstić information content (AvgIpc) is 3.16. The van der Waals surface area contributed by atoms with Gasteiger partial charge in [-0.05, 0) is 36.5 Å². The number of amides is 3. The van der Waals surface area contributed by atoms with Crippen LogP contribution in [-0.4, -0.2) is 63.9 Å². The minimum absolute atomic E-state index is 0.0519. The number of carboxylic acids is 1. The molecule has 0 aliphatic carbocycles. The van der Waals surface area contributed by atoms with E-state index in [0.717, 1.165) is 16.5 Å². The number of nitrogens with one attached hydrogen (secondary N) is 3. The number of hydrogen-bond acceptors (Lipinski definition) is 6. The van der Waals surface area contributed by atoms with Gasteiger partial charge in [0.05, 0.1) is 6.04 Å². The van der Waals surface area contributed by atoms with Gasteiger partial charge in [0, 0.05) is 29.9 Å². The van der Waals surface area contributed by atoms with E-state index in [1.807, 2.05) is 30.5 Å². The molecule has 10 nitrogen and oxygen atoms in total. The molecule has 0 aliphatic rings. The number of H-pyrrole nitrogens is 1. The summed E-state index contributed by atoms with van der Waals surface area (Å²) in [6.45, 7) is 0. The highest BCUT2D eigenvalue weighted by molar-refractivity contribution is 7.98. The Kier molecular flexibility index (Phi) is 9.54. The summed E-state index contributed by atoms with van der Waals surface area (Å²) in [6, 6.07) is 4.32. The second kappa shape index (κ2) is 12.1. The molecule has 3 amide bonds. The van der Waals surface area contributed by atoms with Crippen LogP contribution in [0, 0.1) is 0 Å². The Morgan fingerprint density at radius 3 is 2.44 bits per heavy atom. The van der Waals surface area contributed by atoms with Gasteiger partial charge in [0.25, 0.3) is 0 Å². The van der Waals surface area contributed by atoms with E-state index in [1.165, 1.54) is 11.8 Å². The van der Waals surface area contributed by atoms with Crippen LogP contribution in [0.25, 0.3) is 10.9 Å². The number of aromatic amines is 1. The van der Waals surface area contributed by atoms with Crippen molar-refractivity contribution < 1.29 is 24.3 Å². The van der Waals surface area contributed by atoms with Crippen molar-refractivity contribution in [3.05, 3.63) is 36.0 Å². The zero-order chi connectivity index (χ0) is 23.7. The van der Waals surface area contributed by atoms with Crippen LogP contribution in [0.15, 0.2) is 30.5 Å². The number of thioether (sulfide) groups is 1. The molecule has 0 fully saturated rings. The van der Waals surface area contributed by atoms with Crippen LogP contribution in [0.1, 0.15) is 24.8 Å². The van der Waals surface area contributed by atoms with Crippen LogP contribution in [0.5, 0.6) is 0 Å². The van der Waals surface area contributed by atoms with E-state index in [9.17, 15) is 24.3 Å². The number of nitrogens with two attached hydrogens (primary N) is 2. The third-order valence-corrected chi connectivity index (χ3v) is 5.64. The predicted molar refractivity (Wildman–Crippen MR) is 123 cm³/mol. The van der Waals surface area contributed by atoms with Crippen molar-refractivity contribution in [3.8, 4) is 0 Å². The Balaban J connectivity index is 2.08. The van der Waals surface area contributed by atoms with Crippen LogP contribution in [-0.2, 0) is 25.6 Å². The molecule has 1 aromatic heterocycles. The maximum atomic E-state index is 12.9. The van der Waals surface area contributed by atoms with Crippen molar-refractivity contribution in [3.63, 3.8) is 0 Å². The summed E-state index contributed by atoms with van der Waals surface area (Å²) in [6.07, 6.45) is 3.94. The Hall–Kier alpha value is -3.05. The van der Waals surface area contributed by atoms with Gasteiger partial charge in [-0.2, -0.15) is 11.8 Å². The van der Waals surface area contributed by atoms with Crippen molar-refractivity contribution in [1.29, 1.82) is 0 Å². The Morgan fingerprint density at radius 1 is 1.09 bits per heavy atom. The summed E-state index contributed by atoms with van der Waals surface area (Å²) >= 11 is 1.48. The van der Waals surface area contributed by atoms with Crippen molar-refractivity contribution in [2.75, 3.05) is 12.0 Å². The van der Waals surface area contributed by atoms with Crippen LogP contribution in [0.2, 0.25) is 0 Å². The van der Waals surface area contributed by atoms with Crippen molar-refractivity contribution >= 4 is 46.4 Å². The molecule has 1 aromatic carbocycles. The molecule has 174 valence electrons. The summed E-state index contributed by atoms with van der Waals surface area (Å²) in [5.74, 6) is -2.41. The van der Waals surface area contributed by atoms with Gasteiger partial charge >= 0.3 is 5.97 Å². The lowest BCUT2D eigenvalue weighted by molar-refractivity contribution is -0.142. The lowest BCUT2D eigenvalue weighted by atomic mass is 10.0. The second-order valence-corrected chi connectivity index (χ2v) is 8.40. The highest BCUT2D eigenvalue weighted by Gasteiger charge is 2.28. The standard InChI is InChI=1S/C21H29N5O5S/c1-32-9-8-16(25-19(28)14(22)6-7-18(23)27)20(29)26-17(21(30)31)10-12-11-24-15-5-3-2-4-13(12)15/h2-5,11,14,16-17,24H,6-10,22H2,1H3,(H2,23,27)(H,25,28)(H,26,29)(H,30,31). The number of hydrogen-bond donors (Lipinski definition) is 6. The fourth-order valence-electron chi connectivity index (χ4n) is 3.20.